The van der Waals surface area contributed by atoms with Crippen molar-refractivity contribution in [2.24, 2.45) is 0 Å². The number of halogens is 2. The lowest BCUT2D eigenvalue weighted by Gasteiger charge is -2.37. The number of ether oxygens (including phenoxy) is 4. The van der Waals surface area contributed by atoms with Crippen LogP contribution in [-0.2, 0) is 19.7 Å². The molecule has 9 heteroatoms. The summed E-state index contributed by atoms with van der Waals surface area (Å²) in [4.78, 5) is 25.5. The molecule has 3 aromatic carbocycles. The Morgan fingerprint density at radius 2 is 1.51 bits per heavy atom. The Morgan fingerprint density at radius 1 is 0.872 bits per heavy atom. The van der Waals surface area contributed by atoms with Crippen LogP contribution in [0.1, 0.15) is 64.9 Å². The van der Waals surface area contributed by atoms with Crippen LogP contribution in [0.5, 0.6) is 11.5 Å². The van der Waals surface area contributed by atoms with Gasteiger partial charge in [0.1, 0.15) is 0 Å². The van der Waals surface area contributed by atoms with Gasteiger partial charge in [0.2, 0.25) is 5.91 Å². The molecule has 39 heavy (non-hydrogen) atoms. The summed E-state index contributed by atoms with van der Waals surface area (Å²) in [6.45, 7) is 0. The highest BCUT2D eigenvalue weighted by atomic mass is 19.3. The van der Waals surface area contributed by atoms with E-state index >= 15 is 0 Å². The molecule has 202 valence electrons. The van der Waals surface area contributed by atoms with E-state index < -0.39 is 17.7 Å². The molecule has 1 aliphatic carbocycles. The van der Waals surface area contributed by atoms with Gasteiger partial charge in [0.05, 0.1) is 30.3 Å². The molecule has 3 atom stereocenters. The van der Waals surface area contributed by atoms with Gasteiger partial charge in [0.15, 0.2) is 11.5 Å². The molecular formula is C30H27F2NO6. The monoisotopic (exact) mass is 535 g/mol. The third-order valence-electron chi connectivity index (χ3n) is 7.67. The fourth-order valence-corrected chi connectivity index (χ4v) is 5.43. The average Bonchev–Trinajstić information content (AvgIpc) is 3.70. The van der Waals surface area contributed by atoms with Gasteiger partial charge in [0.25, 0.3) is 0 Å². The van der Waals surface area contributed by atoms with Gasteiger partial charge in [-0.15, -0.1) is 8.78 Å². The Hall–Kier alpha value is -3.98. The summed E-state index contributed by atoms with van der Waals surface area (Å²) in [7, 11) is 1.34. The molecule has 7 nitrogen and oxygen atoms in total. The minimum atomic E-state index is -3.71. The highest BCUT2D eigenvalue weighted by Crippen LogP contribution is 2.52. The van der Waals surface area contributed by atoms with Gasteiger partial charge in [-0.1, -0.05) is 48.5 Å². The molecule has 2 fully saturated rings. The number of amides is 1. The van der Waals surface area contributed by atoms with Crippen LogP contribution >= 0.6 is 0 Å². The number of hydrogen-bond acceptors (Lipinski definition) is 6. The smallest absolute Gasteiger partial charge is 0.465 e. The summed E-state index contributed by atoms with van der Waals surface area (Å²) >= 11 is 0. The predicted molar refractivity (Wildman–Crippen MR) is 136 cm³/mol. The second-order valence-corrected chi connectivity index (χ2v) is 10.2. The molecule has 1 amide bonds. The number of fused-ring (bicyclic) bond motifs is 1. The summed E-state index contributed by atoms with van der Waals surface area (Å²) < 4.78 is 47.4. The zero-order valence-corrected chi connectivity index (χ0v) is 21.2. The Kier molecular flexibility index (Phi) is 6.26. The highest BCUT2D eigenvalue weighted by Gasteiger charge is 2.53. The van der Waals surface area contributed by atoms with Gasteiger partial charge in [-0.05, 0) is 66.6 Å². The molecule has 0 spiro atoms. The predicted octanol–water partition coefficient (Wildman–Crippen LogP) is 5.60. The first-order chi connectivity index (χ1) is 18.8. The van der Waals surface area contributed by atoms with Crippen molar-refractivity contribution < 1.29 is 37.3 Å². The molecule has 6 rings (SSSR count). The zero-order chi connectivity index (χ0) is 27.2. The fourth-order valence-electron chi connectivity index (χ4n) is 5.43. The molecule has 3 aromatic rings. The van der Waals surface area contributed by atoms with Gasteiger partial charge in [-0.3, -0.25) is 4.79 Å². The van der Waals surface area contributed by atoms with Gasteiger partial charge < -0.3 is 24.3 Å². The SMILES string of the molecule is COC(=O)c1ccc([C@H]2C[C@H](NC(=O)C3(c4ccc5c(c4)OC(F)(F)O5)CC3)C[C@@H](c3ccccc3)O2)cc1. The maximum Gasteiger partial charge on any atom is 0.586 e. The molecule has 1 saturated carbocycles. The van der Waals surface area contributed by atoms with Crippen LogP contribution in [0.2, 0.25) is 0 Å². The van der Waals surface area contributed by atoms with E-state index in [9.17, 15) is 18.4 Å². The van der Waals surface area contributed by atoms with E-state index in [0.29, 0.717) is 36.8 Å². The summed E-state index contributed by atoms with van der Waals surface area (Å²) in [6.07, 6.45) is -1.94. The van der Waals surface area contributed by atoms with Crippen LogP contribution in [0.15, 0.2) is 72.8 Å². The number of hydrogen-bond donors (Lipinski definition) is 1. The lowest BCUT2D eigenvalue weighted by molar-refractivity contribution is -0.286. The van der Waals surface area contributed by atoms with Gasteiger partial charge >= 0.3 is 12.3 Å². The summed E-state index contributed by atoms with van der Waals surface area (Å²) in [5.41, 5.74) is 2.17. The maximum absolute atomic E-state index is 13.6. The highest BCUT2D eigenvalue weighted by molar-refractivity contribution is 5.92. The second-order valence-electron chi connectivity index (χ2n) is 10.2. The first-order valence-corrected chi connectivity index (χ1v) is 12.9. The van der Waals surface area contributed by atoms with E-state index in [2.05, 4.69) is 14.8 Å². The molecule has 0 unspecified atom stereocenters. The Balaban J connectivity index is 1.22. The van der Waals surface area contributed by atoms with Crippen molar-refractivity contribution in [3.8, 4) is 11.5 Å². The number of alkyl halides is 2. The van der Waals surface area contributed by atoms with E-state index in [4.69, 9.17) is 9.47 Å². The van der Waals surface area contributed by atoms with Crippen molar-refractivity contribution in [1.29, 1.82) is 0 Å². The number of rotatable bonds is 6. The molecule has 0 bridgehead atoms. The standard InChI is InChI=1S/C30H27F2NO6/c1-36-27(34)20-9-7-19(8-10-20)25-17-22(16-24(37-25)18-5-3-2-4-6-18)33-28(35)29(13-14-29)21-11-12-23-26(15-21)39-30(31,32)38-23/h2-12,15,22,24-25H,13-14,16-17H2,1H3,(H,33,35)/t22-,24+,25-/m1/s1. The summed E-state index contributed by atoms with van der Waals surface area (Å²) in [5.74, 6) is -0.676. The number of benzene rings is 3. The van der Waals surface area contributed by atoms with Crippen molar-refractivity contribution in [3.05, 3.63) is 95.1 Å². The molecule has 2 heterocycles. The van der Waals surface area contributed by atoms with Crippen LogP contribution < -0.4 is 14.8 Å². The van der Waals surface area contributed by atoms with E-state index in [-0.39, 0.29) is 35.7 Å². The number of carbonyl (C=O) groups is 2. The van der Waals surface area contributed by atoms with Crippen LogP contribution in [0.25, 0.3) is 0 Å². The van der Waals surface area contributed by atoms with Crippen LogP contribution in [0, 0.1) is 0 Å². The van der Waals surface area contributed by atoms with Crippen molar-refractivity contribution in [2.45, 2.75) is 55.6 Å². The Bertz CT molecular complexity index is 1390. The largest absolute Gasteiger partial charge is 0.586 e. The molecule has 1 saturated heterocycles. The van der Waals surface area contributed by atoms with Crippen molar-refractivity contribution in [3.63, 3.8) is 0 Å². The topological polar surface area (TPSA) is 83.1 Å². The van der Waals surface area contributed by atoms with Crippen molar-refractivity contribution in [2.75, 3.05) is 7.11 Å². The first kappa shape index (κ1) is 25.3. The Morgan fingerprint density at radius 3 is 2.15 bits per heavy atom. The van der Waals surface area contributed by atoms with Gasteiger partial charge in [-0.2, -0.15) is 0 Å². The third kappa shape index (κ3) is 4.94. The van der Waals surface area contributed by atoms with Gasteiger partial charge in [0, 0.05) is 6.04 Å². The van der Waals surface area contributed by atoms with E-state index in [0.717, 1.165) is 11.1 Å². The van der Waals surface area contributed by atoms with E-state index in [1.165, 1.54) is 19.2 Å². The second kappa shape index (κ2) is 9.64. The average molecular weight is 536 g/mol. The number of carbonyl (C=O) groups excluding carboxylic acids is 2. The molecular weight excluding hydrogens is 508 g/mol. The Labute approximate surface area is 224 Å². The maximum atomic E-state index is 13.6. The van der Waals surface area contributed by atoms with Crippen LogP contribution in [0.3, 0.4) is 0 Å². The lowest BCUT2D eigenvalue weighted by Crippen LogP contribution is -2.45. The van der Waals surface area contributed by atoms with Crippen LogP contribution in [-0.4, -0.2) is 31.3 Å². The minimum absolute atomic E-state index is 0.0452. The quantitative estimate of drug-likeness (QED) is 0.414. The third-order valence-corrected chi connectivity index (χ3v) is 7.67. The summed E-state index contributed by atoms with van der Waals surface area (Å²) in [5, 5.41) is 3.23. The first-order valence-electron chi connectivity index (χ1n) is 12.9. The van der Waals surface area contributed by atoms with Crippen molar-refractivity contribution >= 4 is 11.9 Å². The number of nitrogens with one attached hydrogen (secondary N) is 1. The molecule has 3 aliphatic rings. The summed E-state index contributed by atoms with van der Waals surface area (Å²) in [6, 6.07) is 21.3. The number of methoxy groups -OCH3 is 1. The molecule has 1 N–H and O–H groups in total. The van der Waals surface area contributed by atoms with E-state index in [1.807, 2.05) is 42.5 Å². The molecule has 0 radical (unpaired) electrons. The van der Waals surface area contributed by atoms with E-state index in [1.54, 1.807) is 18.2 Å². The zero-order valence-electron chi connectivity index (χ0n) is 21.2. The fraction of sp³-hybridized carbons (Fsp3) is 0.333. The van der Waals surface area contributed by atoms with Crippen molar-refractivity contribution in [1.82, 2.24) is 5.32 Å². The molecule has 0 aromatic heterocycles. The normalized spacial score (nSPS) is 24.0. The van der Waals surface area contributed by atoms with Gasteiger partial charge in [-0.25, -0.2) is 4.79 Å². The molecule has 2 aliphatic heterocycles. The van der Waals surface area contributed by atoms with Crippen LogP contribution in [0.4, 0.5) is 8.78 Å². The minimum Gasteiger partial charge on any atom is -0.465 e. The number of esters is 1. The lowest BCUT2D eigenvalue weighted by atomic mass is 9.89.